The molecule has 8 heterocycles. The van der Waals surface area contributed by atoms with Gasteiger partial charge in [-0.1, -0.05) is 104 Å². The van der Waals surface area contributed by atoms with Gasteiger partial charge in [0.25, 0.3) is 12.6 Å². The molecule has 2 saturated carbocycles. The van der Waals surface area contributed by atoms with Crippen LogP contribution in [0.5, 0.6) is 0 Å². The molecular formula is C29H40B2N2. The van der Waals surface area contributed by atoms with Crippen molar-refractivity contribution in [2.75, 3.05) is 0 Å². The van der Waals surface area contributed by atoms with Crippen LogP contribution in [0.4, 0.5) is 0 Å². The molecule has 0 spiro atoms. The van der Waals surface area contributed by atoms with Crippen molar-refractivity contribution in [1.82, 2.24) is 0 Å². The van der Waals surface area contributed by atoms with E-state index in [1.165, 1.54) is 31.7 Å². The molecule has 0 N–H and O–H groups in total. The van der Waals surface area contributed by atoms with Gasteiger partial charge in [0.05, 0.1) is 0 Å². The maximum Gasteiger partial charge on any atom is 0.281 e. The number of pyridine rings is 2. The lowest BCUT2D eigenvalue weighted by Crippen LogP contribution is -2.76. The number of rotatable bonds is 4. The summed E-state index contributed by atoms with van der Waals surface area (Å²) in [5.41, 5.74) is 0. The molecule has 2 nitrogen and oxygen atoms in total. The van der Waals surface area contributed by atoms with Crippen molar-refractivity contribution in [1.29, 1.82) is 0 Å². The summed E-state index contributed by atoms with van der Waals surface area (Å²) in [6.45, 7) is 0. The summed E-state index contributed by atoms with van der Waals surface area (Å²) in [4.78, 5) is 0. The first-order valence-electron chi connectivity index (χ1n) is 14.5. The predicted octanol–water partition coefficient (Wildman–Crippen LogP) is 5.80. The van der Waals surface area contributed by atoms with Gasteiger partial charge in [-0.15, -0.1) is 25.3 Å². The summed E-state index contributed by atoms with van der Waals surface area (Å²) in [5, 5.41) is 0. The summed E-state index contributed by atoms with van der Waals surface area (Å²) in [6, 6.07) is 13.7. The lowest BCUT2D eigenvalue weighted by atomic mass is 9.09. The molecule has 0 aromatic carbocycles. The molecule has 8 fully saturated rings. The van der Waals surface area contributed by atoms with Crippen LogP contribution in [0.3, 0.4) is 0 Å². The van der Waals surface area contributed by atoms with E-state index in [0.717, 1.165) is 47.1 Å². The molecule has 4 heteroatoms. The minimum Gasteiger partial charge on any atom is -0.427 e. The molecule has 6 aliphatic heterocycles. The molecule has 0 amide bonds. The number of nitrogens with zero attached hydrogens (tertiary/aromatic N) is 2. The van der Waals surface area contributed by atoms with Crippen LogP contribution in [0.2, 0.25) is 36.9 Å². The van der Waals surface area contributed by atoms with Gasteiger partial charge >= 0.3 is 0 Å². The highest BCUT2D eigenvalue weighted by molar-refractivity contribution is 6.76. The van der Waals surface area contributed by atoms with Crippen molar-refractivity contribution < 1.29 is 8.96 Å². The fourth-order valence-electron chi connectivity index (χ4n) is 12.6. The van der Waals surface area contributed by atoms with Gasteiger partial charge in [-0.2, -0.15) is 0 Å². The van der Waals surface area contributed by atoms with E-state index >= 15 is 0 Å². The zero-order valence-electron chi connectivity index (χ0n) is 20.2. The second-order valence-corrected chi connectivity index (χ2v) is 14.1. The average molecular weight is 438 g/mol. The second kappa shape index (κ2) is 6.98. The van der Waals surface area contributed by atoms with Crippen molar-refractivity contribution in [3.05, 3.63) is 61.2 Å². The number of hydrogen-bond acceptors (Lipinski definition) is 0. The maximum absolute atomic E-state index is 2.79. The van der Waals surface area contributed by atoms with Crippen LogP contribution in [-0.2, 0) is 0 Å². The van der Waals surface area contributed by atoms with Crippen LogP contribution in [0.25, 0.3) is 0 Å². The smallest absolute Gasteiger partial charge is 0.281 e. The highest BCUT2D eigenvalue weighted by atomic mass is 14.9. The molecular weight excluding hydrogens is 398 g/mol. The fraction of sp³-hybridized carbons (Fsp3) is 0.655. The van der Waals surface area contributed by atoms with E-state index in [4.69, 9.17) is 0 Å². The topological polar surface area (TPSA) is 7.76 Å². The molecule has 172 valence electrons. The second-order valence-electron chi connectivity index (χ2n) is 14.1. The highest BCUT2D eigenvalue weighted by Crippen LogP contribution is 2.66. The van der Waals surface area contributed by atoms with E-state index in [0.29, 0.717) is 0 Å². The Bertz CT molecular complexity index is 931. The van der Waals surface area contributed by atoms with E-state index in [1.807, 2.05) is 0 Å². The largest absolute Gasteiger partial charge is 0.427 e. The Morgan fingerprint density at radius 3 is 1.21 bits per heavy atom. The lowest BCUT2D eigenvalue weighted by molar-refractivity contribution is -0.555. The quantitative estimate of drug-likeness (QED) is 0.534. The Balaban J connectivity index is 1.22. The van der Waals surface area contributed by atoms with Crippen molar-refractivity contribution in [3.8, 4) is 0 Å². The summed E-state index contributed by atoms with van der Waals surface area (Å²) < 4.78 is 5.58. The van der Waals surface area contributed by atoms with E-state index in [1.54, 1.807) is 38.5 Å². The third-order valence-electron chi connectivity index (χ3n) is 12.9. The minimum atomic E-state index is -0.454. The van der Waals surface area contributed by atoms with Gasteiger partial charge < -0.3 is 8.96 Å². The molecule has 2 aromatic rings. The van der Waals surface area contributed by atoms with Crippen LogP contribution in [-0.4, -0.2) is 12.6 Å². The minimum absolute atomic E-state index is 0.454. The van der Waals surface area contributed by atoms with Crippen molar-refractivity contribution in [2.45, 2.75) is 81.9 Å². The monoisotopic (exact) mass is 438 g/mol. The standard InChI is InChI=1S/C29H40B2N2/c1-3-7-32(8-4-1)30-18-22-11-23(19-30)14-26(13-22)28(30)17-29-27-15-24-12-25(16-27)21-31(29,20-24)33-9-5-2-6-10-33/h1-10,22-29H,11-21H2. The lowest BCUT2D eigenvalue weighted by Gasteiger charge is -2.66. The Kier molecular flexibility index (Phi) is 4.17. The molecule has 2 aromatic heterocycles. The summed E-state index contributed by atoms with van der Waals surface area (Å²) in [7, 11) is 0. The van der Waals surface area contributed by atoms with Gasteiger partial charge in [-0.05, 0) is 24.3 Å². The molecule has 6 unspecified atom stereocenters. The summed E-state index contributed by atoms with van der Waals surface area (Å²) in [6.07, 6.45) is 25.9. The Morgan fingerprint density at radius 2 is 0.848 bits per heavy atom. The van der Waals surface area contributed by atoms with Crippen molar-refractivity contribution in [2.24, 2.45) is 35.5 Å². The van der Waals surface area contributed by atoms with Crippen molar-refractivity contribution in [3.63, 3.8) is 0 Å². The van der Waals surface area contributed by atoms with Gasteiger partial charge in [0.2, 0.25) is 0 Å². The molecule has 10 rings (SSSR count). The van der Waals surface area contributed by atoms with E-state index in [2.05, 4.69) is 70.1 Å². The SMILES string of the molecule is c1cc[n+]([B-]23CC4CC(CC(C4)C2CC2C4CC5CC(C4)C[B-]2([n+]2ccccc2)C5)C3)cc1. The van der Waals surface area contributed by atoms with Crippen molar-refractivity contribution >= 4 is 12.6 Å². The van der Waals surface area contributed by atoms with Crippen LogP contribution in [0.15, 0.2) is 61.2 Å². The Morgan fingerprint density at radius 1 is 0.485 bits per heavy atom. The number of aromatic nitrogens is 2. The Labute approximate surface area is 200 Å². The van der Waals surface area contributed by atoms with Crippen LogP contribution < -0.4 is 8.96 Å². The fourth-order valence-corrected chi connectivity index (χ4v) is 12.6. The zero-order chi connectivity index (χ0) is 21.6. The first kappa shape index (κ1) is 19.7. The van der Waals surface area contributed by atoms with E-state index in [9.17, 15) is 0 Å². The van der Waals surface area contributed by atoms with E-state index in [-0.39, 0.29) is 0 Å². The van der Waals surface area contributed by atoms with E-state index < -0.39 is 12.6 Å². The predicted molar refractivity (Wildman–Crippen MR) is 136 cm³/mol. The summed E-state index contributed by atoms with van der Waals surface area (Å²) >= 11 is 0. The highest BCUT2D eigenvalue weighted by Gasteiger charge is 2.64. The van der Waals surface area contributed by atoms with Gasteiger partial charge in [-0.3, -0.25) is 0 Å². The Hall–Kier alpha value is -1.57. The van der Waals surface area contributed by atoms with Crippen LogP contribution in [0.1, 0.15) is 44.9 Å². The molecule has 33 heavy (non-hydrogen) atoms. The van der Waals surface area contributed by atoms with Gasteiger partial charge in [0.1, 0.15) is 24.8 Å². The average Bonchev–Trinajstić information content (AvgIpc) is 2.83. The third-order valence-corrected chi connectivity index (χ3v) is 12.9. The third kappa shape index (κ3) is 2.76. The molecule has 8 aliphatic rings. The first-order chi connectivity index (χ1) is 16.2. The normalized spacial score (nSPS) is 49.0. The van der Waals surface area contributed by atoms with Gasteiger partial charge in [0, 0.05) is 0 Å². The van der Waals surface area contributed by atoms with Crippen LogP contribution in [0, 0.1) is 35.5 Å². The van der Waals surface area contributed by atoms with Gasteiger partial charge in [0.15, 0.2) is 0 Å². The van der Waals surface area contributed by atoms with Crippen LogP contribution >= 0.6 is 0 Å². The van der Waals surface area contributed by atoms with Gasteiger partial charge in [-0.25, -0.2) is 0 Å². The molecule has 6 saturated heterocycles. The molecule has 8 bridgehead atoms. The first-order valence-corrected chi connectivity index (χ1v) is 14.5. The molecule has 6 atom stereocenters. The molecule has 2 aliphatic carbocycles. The summed E-state index contributed by atoms with van der Waals surface area (Å²) in [5.74, 6) is 8.01. The number of hydrogen-bond donors (Lipinski definition) is 0. The maximum atomic E-state index is 2.79. The zero-order valence-corrected chi connectivity index (χ0v) is 20.2. The molecule has 0 radical (unpaired) electrons.